The number of hydrogen-bond donors (Lipinski definition) is 0. The van der Waals surface area contributed by atoms with E-state index in [0.29, 0.717) is 12.5 Å². The highest BCUT2D eigenvalue weighted by molar-refractivity contribution is 7.99. The molecule has 6 nitrogen and oxygen atoms in total. The van der Waals surface area contributed by atoms with Crippen molar-refractivity contribution in [1.29, 1.82) is 0 Å². The monoisotopic (exact) mass is 332 g/mol. The summed E-state index contributed by atoms with van der Waals surface area (Å²) < 4.78 is 12.7. The predicted molar refractivity (Wildman–Crippen MR) is 89.6 cm³/mol. The largest absolute Gasteiger partial charge is 0.383 e. The molecule has 1 atom stereocenters. The molecule has 0 N–H and O–H groups in total. The minimum Gasteiger partial charge on any atom is -0.383 e. The maximum absolute atomic E-state index is 5.34. The summed E-state index contributed by atoms with van der Waals surface area (Å²) in [4.78, 5) is 9.15. The molecule has 0 saturated heterocycles. The van der Waals surface area contributed by atoms with E-state index >= 15 is 0 Å². The maximum atomic E-state index is 5.34. The number of ether oxygens (including phenoxy) is 1. The molecule has 0 amide bonds. The molecule has 0 aliphatic rings. The van der Waals surface area contributed by atoms with E-state index in [1.165, 1.54) is 0 Å². The predicted octanol–water partition coefficient (Wildman–Crippen LogP) is 3.48. The molecule has 3 rings (SSSR count). The van der Waals surface area contributed by atoms with Crippen molar-refractivity contribution in [3.05, 3.63) is 36.0 Å². The highest BCUT2D eigenvalue weighted by Gasteiger charge is 2.19. The van der Waals surface area contributed by atoms with Crippen LogP contribution in [0.5, 0.6) is 0 Å². The fourth-order valence-electron chi connectivity index (χ4n) is 2.33. The van der Waals surface area contributed by atoms with Crippen LogP contribution in [0.4, 0.5) is 0 Å². The first-order valence-corrected chi connectivity index (χ1v) is 8.54. The topological polar surface area (TPSA) is 66.0 Å². The van der Waals surface area contributed by atoms with Crippen molar-refractivity contribution in [1.82, 2.24) is 19.7 Å². The zero-order valence-electron chi connectivity index (χ0n) is 13.5. The van der Waals surface area contributed by atoms with Crippen molar-refractivity contribution in [3.63, 3.8) is 0 Å². The van der Waals surface area contributed by atoms with E-state index in [0.717, 1.165) is 35.0 Å². The summed E-state index contributed by atoms with van der Waals surface area (Å²) in [5, 5.41) is 4.95. The smallest absolute Gasteiger partial charge is 0.239 e. The molecule has 7 heteroatoms. The second kappa shape index (κ2) is 7.14. The second-order valence-electron chi connectivity index (χ2n) is 5.19. The van der Waals surface area contributed by atoms with Crippen molar-refractivity contribution >= 4 is 22.8 Å². The molecule has 0 spiro atoms. The summed E-state index contributed by atoms with van der Waals surface area (Å²) in [6, 6.07) is 8.12. The fraction of sp³-hybridized carbons (Fsp3) is 0.438. The van der Waals surface area contributed by atoms with Gasteiger partial charge in [0.05, 0.1) is 22.9 Å². The first-order chi connectivity index (χ1) is 11.2. The van der Waals surface area contributed by atoms with Gasteiger partial charge in [-0.3, -0.25) is 0 Å². The number of thioether (sulfide) groups is 1. The third-order valence-electron chi connectivity index (χ3n) is 3.57. The van der Waals surface area contributed by atoms with Gasteiger partial charge in [0.25, 0.3) is 0 Å². The number of nitrogens with zero attached hydrogens (tertiary/aromatic N) is 4. The number of aryl methyl sites for hydroxylation is 1. The van der Waals surface area contributed by atoms with Gasteiger partial charge in [-0.15, -0.1) is 0 Å². The van der Waals surface area contributed by atoms with Crippen LogP contribution in [-0.2, 0) is 17.7 Å². The third kappa shape index (κ3) is 3.40. The van der Waals surface area contributed by atoms with Crippen molar-refractivity contribution in [2.75, 3.05) is 13.7 Å². The molecule has 0 radical (unpaired) electrons. The molecule has 0 saturated carbocycles. The van der Waals surface area contributed by atoms with Crippen LogP contribution in [0.3, 0.4) is 0 Å². The standard InChI is InChI=1S/C16H20N4O2S/c1-4-14-18-15(22-19-14)11(2)23-16-17-12-7-5-6-8-13(12)20(16)9-10-21-3/h5-8,11H,4,9-10H2,1-3H3. The van der Waals surface area contributed by atoms with Crippen LogP contribution in [0.1, 0.15) is 30.8 Å². The van der Waals surface area contributed by atoms with Crippen molar-refractivity contribution in [2.24, 2.45) is 0 Å². The van der Waals surface area contributed by atoms with Gasteiger partial charge in [-0.25, -0.2) is 4.98 Å². The molecular weight excluding hydrogens is 312 g/mol. The summed E-state index contributed by atoms with van der Waals surface area (Å²) in [5.41, 5.74) is 2.09. The molecule has 1 unspecified atom stereocenters. The molecule has 0 aliphatic heterocycles. The van der Waals surface area contributed by atoms with Crippen LogP contribution < -0.4 is 0 Å². The summed E-state index contributed by atoms with van der Waals surface area (Å²) in [7, 11) is 1.71. The minimum absolute atomic E-state index is 0.0425. The van der Waals surface area contributed by atoms with Gasteiger partial charge in [-0.2, -0.15) is 4.98 Å². The Morgan fingerprint density at radius 2 is 2.13 bits per heavy atom. The number of para-hydroxylation sites is 2. The van der Waals surface area contributed by atoms with E-state index in [2.05, 4.69) is 27.7 Å². The molecule has 3 aromatic rings. The number of methoxy groups -OCH3 is 1. The molecular formula is C16H20N4O2S. The highest BCUT2D eigenvalue weighted by atomic mass is 32.2. The molecule has 2 aromatic heterocycles. The average molecular weight is 332 g/mol. The molecule has 0 bridgehead atoms. The van der Waals surface area contributed by atoms with Gasteiger partial charge in [-0.1, -0.05) is 36.0 Å². The van der Waals surface area contributed by atoms with Crippen molar-refractivity contribution in [2.45, 2.75) is 37.2 Å². The van der Waals surface area contributed by atoms with Crippen LogP contribution >= 0.6 is 11.8 Å². The number of hydrogen-bond acceptors (Lipinski definition) is 6. The van der Waals surface area contributed by atoms with Gasteiger partial charge in [0.1, 0.15) is 0 Å². The zero-order valence-corrected chi connectivity index (χ0v) is 14.3. The Morgan fingerprint density at radius 3 is 2.87 bits per heavy atom. The summed E-state index contributed by atoms with van der Waals surface area (Å²) in [6.07, 6.45) is 0.771. The highest BCUT2D eigenvalue weighted by Crippen LogP contribution is 2.35. The van der Waals surface area contributed by atoms with E-state index in [-0.39, 0.29) is 5.25 Å². The quantitative estimate of drug-likeness (QED) is 0.617. The van der Waals surface area contributed by atoms with Crippen LogP contribution in [0, 0.1) is 0 Å². The first-order valence-electron chi connectivity index (χ1n) is 7.66. The van der Waals surface area contributed by atoms with Crippen LogP contribution in [0.2, 0.25) is 0 Å². The molecule has 1 aromatic carbocycles. The summed E-state index contributed by atoms with van der Waals surface area (Å²) >= 11 is 1.62. The first kappa shape index (κ1) is 16.0. The van der Waals surface area contributed by atoms with Gasteiger partial charge in [0.2, 0.25) is 5.89 Å². The van der Waals surface area contributed by atoms with Crippen molar-refractivity contribution in [3.8, 4) is 0 Å². The van der Waals surface area contributed by atoms with E-state index in [1.807, 2.05) is 25.1 Å². The SMILES string of the molecule is CCc1noc(C(C)Sc2nc3ccccc3n2CCOC)n1. The van der Waals surface area contributed by atoms with Crippen LogP contribution in [0.25, 0.3) is 11.0 Å². The second-order valence-corrected chi connectivity index (χ2v) is 6.50. The van der Waals surface area contributed by atoms with Crippen molar-refractivity contribution < 1.29 is 9.26 Å². The Labute approximate surface area is 139 Å². The summed E-state index contributed by atoms with van der Waals surface area (Å²) in [5.74, 6) is 1.37. The average Bonchev–Trinajstić information content (AvgIpc) is 3.17. The Balaban J connectivity index is 1.88. The lowest BCUT2D eigenvalue weighted by Gasteiger charge is -2.10. The molecule has 0 aliphatic carbocycles. The lowest BCUT2D eigenvalue weighted by molar-refractivity contribution is 0.186. The summed E-state index contributed by atoms with van der Waals surface area (Å²) in [6.45, 7) is 5.47. The Bertz CT molecular complexity index is 783. The zero-order chi connectivity index (χ0) is 16.2. The number of rotatable bonds is 7. The lowest BCUT2D eigenvalue weighted by Crippen LogP contribution is -2.06. The third-order valence-corrected chi connectivity index (χ3v) is 4.65. The normalized spacial score (nSPS) is 12.8. The number of fused-ring (bicyclic) bond motifs is 1. The van der Waals surface area contributed by atoms with Gasteiger partial charge in [0, 0.05) is 20.1 Å². The Morgan fingerprint density at radius 1 is 1.30 bits per heavy atom. The van der Waals surface area contributed by atoms with Gasteiger partial charge < -0.3 is 13.8 Å². The molecule has 122 valence electrons. The Hall–Kier alpha value is -1.86. The van der Waals surface area contributed by atoms with Gasteiger partial charge >= 0.3 is 0 Å². The Kier molecular flexibility index (Phi) is 4.97. The molecule has 2 heterocycles. The minimum atomic E-state index is 0.0425. The fourth-order valence-corrected chi connectivity index (χ4v) is 3.31. The number of imidazole rings is 1. The molecule has 23 heavy (non-hydrogen) atoms. The van der Waals surface area contributed by atoms with E-state index in [1.54, 1.807) is 18.9 Å². The van der Waals surface area contributed by atoms with E-state index in [9.17, 15) is 0 Å². The van der Waals surface area contributed by atoms with E-state index in [4.69, 9.17) is 14.2 Å². The van der Waals surface area contributed by atoms with E-state index < -0.39 is 0 Å². The van der Waals surface area contributed by atoms with Gasteiger partial charge in [0.15, 0.2) is 11.0 Å². The lowest BCUT2D eigenvalue weighted by atomic mass is 10.3. The maximum Gasteiger partial charge on any atom is 0.239 e. The number of aromatic nitrogens is 4. The van der Waals surface area contributed by atoms with Crippen LogP contribution in [-0.4, -0.2) is 33.4 Å². The number of benzene rings is 1. The van der Waals surface area contributed by atoms with Crippen LogP contribution in [0.15, 0.2) is 33.9 Å². The van der Waals surface area contributed by atoms with Gasteiger partial charge in [-0.05, 0) is 19.1 Å². The molecule has 0 fully saturated rings.